The molecule has 0 aliphatic rings. The van der Waals surface area contributed by atoms with Gasteiger partial charge in [0, 0.05) is 24.8 Å². The molecular formula is C11H12Cl2N4O. The average Bonchev–Trinajstić information content (AvgIpc) is 2.41. The summed E-state index contributed by atoms with van der Waals surface area (Å²) < 4.78 is 0. The van der Waals surface area contributed by atoms with Gasteiger partial charge in [0.25, 0.3) is 0 Å². The minimum Gasteiger partial charge on any atom is -0.390 e. The van der Waals surface area contributed by atoms with Gasteiger partial charge in [-0.05, 0) is 6.42 Å². The predicted molar refractivity (Wildman–Crippen MR) is 69.4 cm³/mol. The topological polar surface area (TPSA) is 71.8 Å². The standard InChI is InChI=1S/C6H7ClN2.C5H5ClN2O/c1-2-5-6(7)9-4-3-8-5;6-5-4(3-9)7-1-2-8-5/h3-4H,2H2,1H3;1-2,9H,3H2. The van der Waals surface area contributed by atoms with Crippen molar-refractivity contribution < 1.29 is 5.11 Å². The fourth-order valence-corrected chi connectivity index (χ4v) is 1.45. The first-order valence-electron chi connectivity index (χ1n) is 5.20. The molecule has 0 saturated carbocycles. The quantitative estimate of drug-likeness (QED) is 0.917. The van der Waals surface area contributed by atoms with Gasteiger partial charge in [-0.2, -0.15) is 0 Å². The van der Waals surface area contributed by atoms with Gasteiger partial charge in [-0.1, -0.05) is 30.1 Å². The molecule has 2 aromatic rings. The molecule has 2 aromatic heterocycles. The normalized spacial score (nSPS) is 9.56. The van der Waals surface area contributed by atoms with Crippen LogP contribution in [0.1, 0.15) is 18.3 Å². The molecule has 0 fully saturated rings. The van der Waals surface area contributed by atoms with Crippen LogP contribution in [0.5, 0.6) is 0 Å². The first-order chi connectivity index (χ1) is 8.69. The zero-order valence-corrected chi connectivity index (χ0v) is 11.2. The summed E-state index contributed by atoms with van der Waals surface area (Å²) in [7, 11) is 0. The number of aliphatic hydroxyl groups is 1. The lowest BCUT2D eigenvalue weighted by molar-refractivity contribution is 0.276. The summed E-state index contributed by atoms with van der Waals surface area (Å²) in [5.41, 5.74) is 1.28. The third-order valence-electron chi connectivity index (χ3n) is 1.93. The van der Waals surface area contributed by atoms with E-state index in [1.807, 2.05) is 6.92 Å². The number of nitrogens with zero attached hydrogens (tertiary/aromatic N) is 4. The highest BCUT2D eigenvalue weighted by molar-refractivity contribution is 6.30. The van der Waals surface area contributed by atoms with Gasteiger partial charge >= 0.3 is 0 Å². The Hall–Kier alpha value is -1.30. The first-order valence-corrected chi connectivity index (χ1v) is 5.96. The van der Waals surface area contributed by atoms with Gasteiger partial charge in [-0.15, -0.1) is 0 Å². The lowest BCUT2D eigenvalue weighted by Gasteiger charge is -1.93. The van der Waals surface area contributed by atoms with Crippen molar-refractivity contribution in [3.05, 3.63) is 46.5 Å². The first kappa shape index (κ1) is 14.8. The second kappa shape index (κ2) is 7.92. The summed E-state index contributed by atoms with van der Waals surface area (Å²) in [5.74, 6) is 0. The van der Waals surface area contributed by atoms with E-state index >= 15 is 0 Å². The zero-order chi connectivity index (χ0) is 13.4. The van der Waals surface area contributed by atoms with Gasteiger partial charge in [0.05, 0.1) is 12.3 Å². The van der Waals surface area contributed by atoms with E-state index in [0.717, 1.165) is 12.1 Å². The van der Waals surface area contributed by atoms with Gasteiger partial charge in [0.1, 0.15) is 10.8 Å². The van der Waals surface area contributed by atoms with Crippen LogP contribution in [-0.4, -0.2) is 25.0 Å². The highest BCUT2D eigenvalue weighted by Crippen LogP contribution is 2.07. The van der Waals surface area contributed by atoms with Crippen molar-refractivity contribution in [1.29, 1.82) is 0 Å². The number of halogens is 2. The van der Waals surface area contributed by atoms with Crippen molar-refractivity contribution in [2.24, 2.45) is 0 Å². The van der Waals surface area contributed by atoms with Crippen molar-refractivity contribution in [3.63, 3.8) is 0 Å². The third-order valence-corrected chi connectivity index (χ3v) is 2.56. The van der Waals surface area contributed by atoms with Gasteiger partial charge < -0.3 is 5.11 Å². The molecule has 0 radical (unpaired) electrons. The minimum absolute atomic E-state index is 0.160. The maximum Gasteiger partial charge on any atom is 0.152 e. The minimum atomic E-state index is -0.160. The molecule has 0 unspecified atom stereocenters. The molecule has 0 aliphatic heterocycles. The highest BCUT2D eigenvalue weighted by Gasteiger charge is 1.97. The van der Waals surface area contributed by atoms with Crippen molar-refractivity contribution in [1.82, 2.24) is 19.9 Å². The van der Waals surface area contributed by atoms with Crippen LogP contribution in [0, 0.1) is 0 Å². The molecular weight excluding hydrogens is 275 g/mol. The van der Waals surface area contributed by atoms with Crippen LogP contribution in [-0.2, 0) is 13.0 Å². The van der Waals surface area contributed by atoms with Gasteiger partial charge in [0.15, 0.2) is 5.15 Å². The van der Waals surface area contributed by atoms with Crippen LogP contribution in [0.15, 0.2) is 24.8 Å². The van der Waals surface area contributed by atoms with Crippen molar-refractivity contribution in [2.75, 3.05) is 0 Å². The summed E-state index contributed by atoms with van der Waals surface area (Å²) in [6.07, 6.45) is 7.03. The second-order valence-corrected chi connectivity index (χ2v) is 3.82. The van der Waals surface area contributed by atoms with E-state index in [1.165, 1.54) is 12.4 Å². The monoisotopic (exact) mass is 286 g/mol. The highest BCUT2D eigenvalue weighted by atomic mass is 35.5. The SMILES string of the molecule is CCc1nccnc1Cl.OCc1nccnc1Cl. The van der Waals surface area contributed by atoms with Gasteiger partial charge in [-0.25, -0.2) is 9.97 Å². The summed E-state index contributed by atoms with van der Waals surface area (Å²) in [6, 6.07) is 0. The Bertz CT molecular complexity index is 450. The molecule has 1 N–H and O–H groups in total. The molecule has 0 aromatic carbocycles. The summed E-state index contributed by atoms with van der Waals surface area (Å²) in [5, 5.41) is 9.31. The Morgan fingerprint density at radius 2 is 1.33 bits per heavy atom. The van der Waals surface area contributed by atoms with Gasteiger partial charge in [-0.3, -0.25) is 9.97 Å². The molecule has 18 heavy (non-hydrogen) atoms. The molecule has 0 saturated heterocycles. The maximum absolute atomic E-state index is 8.53. The lowest BCUT2D eigenvalue weighted by atomic mass is 10.4. The molecule has 0 amide bonds. The van der Waals surface area contributed by atoms with E-state index in [9.17, 15) is 0 Å². The molecule has 2 heterocycles. The molecule has 0 bridgehead atoms. The van der Waals surface area contributed by atoms with Crippen molar-refractivity contribution in [2.45, 2.75) is 20.0 Å². The third kappa shape index (κ3) is 4.52. The predicted octanol–water partition coefficient (Wildman–Crippen LogP) is 2.31. The van der Waals surface area contributed by atoms with Crippen LogP contribution in [0.2, 0.25) is 10.3 Å². The van der Waals surface area contributed by atoms with Crippen LogP contribution in [0.25, 0.3) is 0 Å². The Balaban J connectivity index is 0.000000180. The van der Waals surface area contributed by atoms with E-state index in [1.54, 1.807) is 12.4 Å². The maximum atomic E-state index is 8.53. The molecule has 5 nitrogen and oxygen atoms in total. The Morgan fingerprint density at radius 3 is 1.61 bits per heavy atom. The number of aryl methyl sites for hydroxylation is 1. The van der Waals surface area contributed by atoms with E-state index in [2.05, 4.69) is 19.9 Å². The van der Waals surface area contributed by atoms with Crippen molar-refractivity contribution >= 4 is 23.2 Å². The summed E-state index contributed by atoms with van der Waals surface area (Å²) in [6.45, 7) is 1.84. The van der Waals surface area contributed by atoms with E-state index in [0.29, 0.717) is 10.8 Å². The number of hydrogen-bond donors (Lipinski definition) is 1. The Kier molecular flexibility index (Phi) is 6.49. The zero-order valence-electron chi connectivity index (χ0n) is 9.72. The lowest BCUT2D eigenvalue weighted by Crippen LogP contribution is -1.90. The summed E-state index contributed by atoms with van der Waals surface area (Å²) >= 11 is 11.1. The average molecular weight is 287 g/mol. The number of aromatic nitrogens is 4. The summed E-state index contributed by atoms with van der Waals surface area (Å²) in [4.78, 5) is 15.3. The molecule has 0 atom stereocenters. The second-order valence-electron chi connectivity index (χ2n) is 3.10. The molecule has 96 valence electrons. The van der Waals surface area contributed by atoms with E-state index < -0.39 is 0 Å². The Labute approximate surface area is 115 Å². The largest absolute Gasteiger partial charge is 0.390 e. The van der Waals surface area contributed by atoms with E-state index in [4.69, 9.17) is 28.3 Å². The molecule has 0 spiro atoms. The van der Waals surface area contributed by atoms with E-state index in [-0.39, 0.29) is 11.8 Å². The fourth-order valence-electron chi connectivity index (χ4n) is 1.04. The fraction of sp³-hybridized carbons (Fsp3) is 0.273. The number of rotatable bonds is 2. The van der Waals surface area contributed by atoms with Gasteiger partial charge in [0.2, 0.25) is 0 Å². The molecule has 7 heteroatoms. The van der Waals surface area contributed by atoms with Crippen LogP contribution in [0.4, 0.5) is 0 Å². The van der Waals surface area contributed by atoms with Crippen molar-refractivity contribution in [3.8, 4) is 0 Å². The number of hydrogen-bond acceptors (Lipinski definition) is 5. The van der Waals surface area contributed by atoms with Crippen LogP contribution >= 0.6 is 23.2 Å². The molecule has 2 rings (SSSR count). The van der Waals surface area contributed by atoms with Crippen LogP contribution < -0.4 is 0 Å². The number of aliphatic hydroxyl groups excluding tert-OH is 1. The molecule has 0 aliphatic carbocycles. The smallest absolute Gasteiger partial charge is 0.152 e. The Morgan fingerprint density at radius 1 is 0.889 bits per heavy atom. The van der Waals surface area contributed by atoms with Crippen LogP contribution in [0.3, 0.4) is 0 Å².